The predicted octanol–water partition coefficient (Wildman–Crippen LogP) is 5.58. The summed E-state index contributed by atoms with van der Waals surface area (Å²) >= 11 is 0. The van der Waals surface area contributed by atoms with Crippen LogP contribution in [0.15, 0.2) is 36.4 Å². The van der Waals surface area contributed by atoms with Gasteiger partial charge in [0.15, 0.2) is 5.82 Å². The number of hydrogen-bond donors (Lipinski definition) is 3. The summed E-state index contributed by atoms with van der Waals surface area (Å²) in [4.78, 5) is 4.57. The van der Waals surface area contributed by atoms with E-state index in [0.717, 1.165) is 16.5 Å². The number of methoxy groups -OCH3 is 1. The van der Waals surface area contributed by atoms with E-state index in [0.29, 0.717) is 38.2 Å². The van der Waals surface area contributed by atoms with Gasteiger partial charge in [-0.2, -0.15) is 13.2 Å². The van der Waals surface area contributed by atoms with Gasteiger partial charge in [0.25, 0.3) is 0 Å². The van der Waals surface area contributed by atoms with Crippen molar-refractivity contribution in [3.05, 3.63) is 59.0 Å². The van der Waals surface area contributed by atoms with Crippen LogP contribution >= 0.6 is 0 Å². The average Bonchev–Trinajstić information content (AvgIpc) is 3.20. The largest absolute Gasteiger partial charge is 0.496 e. The van der Waals surface area contributed by atoms with Crippen molar-refractivity contribution in [2.45, 2.75) is 38.0 Å². The molecule has 4 rings (SSSR count). The van der Waals surface area contributed by atoms with Gasteiger partial charge >= 0.3 is 6.18 Å². The summed E-state index contributed by atoms with van der Waals surface area (Å²) in [5, 5.41) is 6.98. The van der Waals surface area contributed by atoms with Gasteiger partial charge in [0.2, 0.25) is 0 Å². The molecule has 0 bridgehead atoms. The number of hydrogen-bond acceptors (Lipinski definition) is 4. The van der Waals surface area contributed by atoms with Crippen LogP contribution in [0.4, 0.5) is 27.6 Å². The van der Waals surface area contributed by atoms with E-state index in [-0.39, 0.29) is 17.0 Å². The molecular formula is C26H31F5N4O. The number of anilines is 1. The van der Waals surface area contributed by atoms with E-state index in [9.17, 15) is 17.6 Å². The molecule has 0 saturated carbocycles. The fraction of sp³-hybridized carbons (Fsp3) is 0.462. The fourth-order valence-electron chi connectivity index (χ4n) is 5.02. The van der Waals surface area contributed by atoms with Gasteiger partial charge in [-0.25, -0.2) is 4.39 Å². The normalized spacial score (nSPS) is 18.4. The molecule has 1 unspecified atom stereocenters. The molecule has 1 aliphatic heterocycles. The molecule has 2 atom stereocenters. The molecule has 2 aromatic carbocycles. The predicted molar refractivity (Wildman–Crippen MR) is 131 cm³/mol. The first-order chi connectivity index (χ1) is 17.2. The maximum Gasteiger partial charge on any atom is 0.401 e. The second kappa shape index (κ2) is 11.0. The van der Waals surface area contributed by atoms with Crippen molar-refractivity contribution in [3.8, 4) is 5.75 Å². The summed E-state index contributed by atoms with van der Waals surface area (Å²) < 4.78 is 75.0. The Morgan fingerprint density at radius 1 is 1.11 bits per heavy atom. The lowest BCUT2D eigenvalue weighted by molar-refractivity contribution is -0.155. The third-order valence-corrected chi connectivity index (χ3v) is 6.62. The lowest BCUT2D eigenvalue weighted by Gasteiger charge is -2.41. The Bertz CT molecular complexity index is 1180. The molecule has 0 saturated heterocycles. The molecule has 36 heavy (non-hydrogen) atoms. The summed E-state index contributed by atoms with van der Waals surface area (Å²) in [6, 6.07) is 9.09. The Balaban J connectivity index is 1.78. The number of benzene rings is 2. The molecule has 1 aliphatic rings. The molecule has 3 N–H and O–H groups in total. The van der Waals surface area contributed by atoms with E-state index in [1.54, 1.807) is 13.0 Å². The van der Waals surface area contributed by atoms with Crippen LogP contribution < -0.4 is 15.4 Å². The number of H-pyrrole nitrogens is 1. The van der Waals surface area contributed by atoms with Gasteiger partial charge in [0, 0.05) is 35.7 Å². The molecule has 0 amide bonds. The van der Waals surface area contributed by atoms with Crippen molar-refractivity contribution in [2.24, 2.45) is 0 Å². The van der Waals surface area contributed by atoms with Gasteiger partial charge in [-0.15, -0.1) is 0 Å². The summed E-state index contributed by atoms with van der Waals surface area (Å²) in [5.41, 5.74) is 2.44. The molecular weight excluding hydrogens is 479 g/mol. The molecule has 0 radical (unpaired) electrons. The Kier molecular flexibility index (Phi) is 8.04. The second-order valence-electron chi connectivity index (χ2n) is 9.07. The van der Waals surface area contributed by atoms with Gasteiger partial charge in [-0.1, -0.05) is 18.2 Å². The van der Waals surface area contributed by atoms with E-state index in [4.69, 9.17) is 4.74 Å². The molecule has 2 heterocycles. The van der Waals surface area contributed by atoms with Gasteiger partial charge < -0.3 is 20.4 Å². The Morgan fingerprint density at radius 2 is 1.89 bits per heavy atom. The van der Waals surface area contributed by atoms with E-state index in [2.05, 4.69) is 15.6 Å². The topological polar surface area (TPSA) is 52.3 Å². The van der Waals surface area contributed by atoms with E-state index < -0.39 is 37.3 Å². The molecule has 0 spiro atoms. The van der Waals surface area contributed by atoms with Gasteiger partial charge in [0.05, 0.1) is 37.6 Å². The number of rotatable bonds is 10. The first kappa shape index (κ1) is 26.2. The summed E-state index contributed by atoms with van der Waals surface area (Å²) in [7, 11) is 1.38. The number of aromatic amines is 1. The highest BCUT2D eigenvalue weighted by molar-refractivity contribution is 5.85. The first-order valence-electron chi connectivity index (χ1n) is 12.0. The Labute approximate surface area is 207 Å². The van der Waals surface area contributed by atoms with Crippen molar-refractivity contribution in [1.29, 1.82) is 0 Å². The lowest BCUT2D eigenvalue weighted by Crippen LogP contribution is -2.47. The quantitative estimate of drug-likeness (QED) is 0.246. The average molecular weight is 511 g/mol. The van der Waals surface area contributed by atoms with Crippen molar-refractivity contribution in [3.63, 3.8) is 0 Å². The third-order valence-electron chi connectivity index (χ3n) is 6.62. The highest BCUT2D eigenvalue weighted by atomic mass is 19.4. The number of para-hydroxylation sites is 1. The number of fused-ring (bicyclic) bond motifs is 3. The van der Waals surface area contributed by atoms with Crippen LogP contribution in [-0.4, -0.2) is 62.1 Å². The number of nitrogens with one attached hydrogen (secondary N) is 3. The Morgan fingerprint density at radius 3 is 2.61 bits per heavy atom. The minimum atomic E-state index is -4.47. The first-order valence-corrected chi connectivity index (χ1v) is 12.0. The monoisotopic (exact) mass is 510 g/mol. The van der Waals surface area contributed by atoms with Crippen LogP contribution in [-0.2, 0) is 6.42 Å². The van der Waals surface area contributed by atoms with Crippen molar-refractivity contribution < 1.29 is 26.7 Å². The molecule has 5 nitrogen and oxygen atoms in total. The minimum absolute atomic E-state index is 0.0523. The summed E-state index contributed by atoms with van der Waals surface area (Å²) in [6.45, 7) is 1.48. The van der Waals surface area contributed by atoms with E-state index >= 15 is 4.39 Å². The van der Waals surface area contributed by atoms with Crippen LogP contribution in [0.1, 0.15) is 36.2 Å². The number of nitrogens with zero attached hydrogens (tertiary/aromatic N) is 1. The van der Waals surface area contributed by atoms with E-state index in [1.807, 2.05) is 24.3 Å². The smallest absolute Gasteiger partial charge is 0.401 e. The molecule has 196 valence electrons. The molecule has 0 aliphatic carbocycles. The van der Waals surface area contributed by atoms with Gasteiger partial charge in [0.1, 0.15) is 5.75 Å². The van der Waals surface area contributed by atoms with Crippen molar-refractivity contribution >= 4 is 16.6 Å². The fourth-order valence-corrected chi connectivity index (χ4v) is 5.02. The van der Waals surface area contributed by atoms with E-state index in [1.165, 1.54) is 18.1 Å². The van der Waals surface area contributed by atoms with Crippen molar-refractivity contribution in [2.75, 3.05) is 45.3 Å². The molecule has 3 aromatic rings. The molecule has 0 fully saturated rings. The third kappa shape index (κ3) is 5.44. The zero-order valence-corrected chi connectivity index (χ0v) is 20.3. The standard InChI is InChI=1S/C26H31F5N4O/c1-16-14-18-17-6-3-4-7-19(17)34-24(18)25(35(16)15-26(29,30)31)22-21(36-2)9-8-20(23(22)28)33-13-12-32-11-5-10-27/h3-4,6-9,16,25,32-34H,5,10-15H2,1-2H3/t16-,25?/m1/s1. The van der Waals surface area contributed by atoms with Crippen LogP contribution in [0.25, 0.3) is 10.9 Å². The SMILES string of the molecule is COc1ccc(NCCNCCCF)c(F)c1C1c2[nH]c3ccccc3c2C[C@@H](C)N1CC(F)(F)F. The number of ether oxygens (including phenoxy) is 1. The highest BCUT2D eigenvalue weighted by Gasteiger charge is 2.44. The van der Waals surface area contributed by atoms with Gasteiger partial charge in [-0.05, 0) is 50.1 Å². The molecule has 10 heteroatoms. The summed E-state index contributed by atoms with van der Waals surface area (Å²) in [5.74, 6) is -0.482. The molecule has 1 aromatic heterocycles. The van der Waals surface area contributed by atoms with Crippen LogP contribution in [0.3, 0.4) is 0 Å². The Hall–Kier alpha value is -2.85. The highest BCUT2D eigenvalue weighted by Crippen LogP contribution is 2.46. The zero-order chi connectivity index (χ0) is 25.9. The summed E-state index contributed by atoms with van der Waals surface area (Å²) in [6.07, 6.45) is -3.68. The van der Waals surface area contributed by atoms with Crippen LogP contribution in [0.2, 0.25) is 0 Å². The number of aromatic nitrogens is 1. The number of alkyl halides is 4. The maximum atomic E-state index is 16.1. The van der Waals surface area contributed by atoms with Crippen LogP contribution in [0, 0.1) is 5.82 Å². The minimum Gasteiger partial charge on any atom is -0.496 e. The van der Waals surface area contributed by atoms with Crippen molar-refractivity contribution in [1.82, 2.24) is 15.2 Å². The number of halogens is 5. The van der Waals surface area contributed by atoms with Gasteiger partial charge in [-0.3, -0.25) is 9.29 Å². The zero-order valence-electron chi connectivity index (χ0n) is 20.3. The lowest BCUT2D eigenvalue weighted by atomic mass is 9.87. The maximum absolute atomic E-state index is 16.1. The second-order valence-corrected chi connectivity index (χ2v) is 9.07. The van der Waals surface area contributed by atoms with Crippen LogP contribution in [0.5, 0.6) is 5.75 Å².